The Morgan fingerprint density at radius 3 is 2.89 bits per heavy atom. The maximum Gasteiger partial charge on any atom is 0.328 e. The van der Waals surface area contributed by atoms with E-state index < -0.39 is 11.9 Å². The number of carbonyl (C=O) groups excluding carboxylic acids is 1. The highest BCUT2D eigenvalue weighted by Gasteiger charge is 2.06. The topological polar surface area (TPSA) is 79.3 Å². The summed E-state index contributed by atoms with van der Waals surface area (Å²) < 4.78 is 0.979. The molecule has 0 aliphatic heterocycles. The van der Waals surface area contributed by atoms with Gasteiger partial charge in [0.15, 0.2) is 5.13 Å². The van der Waals surface area contributed by atoms with Crippen molar-refractivity contribution in [3.05, 3.63) is 35.9 Å². The molecule has 2 N–H and O–H groups in total. The number of amides is 1. The van der Waals surface area contributed by atoms with Crippen molar-refractivity contribution >= 4 is 38.6 Å². The van der Waals surface area contributed by atoms with Crippen LogP contribution in [-0.4, -0.2) is 22.0 Å². The van der Waals surface area contributed by atoms with E-state index in [0.717, 1.165) is 27.9 Å². The smallest absolute Gasteiger partial charge is 0.328 e. The average molecular weight is 262 g/mol. The number of carboxylic acids is 1. The van der Waals surface area contributed by atoms with Crippen molar-refractivity contribution in [2.24, 2.45) is 0 Å². The van der Waals surface area contributed by atoms with Gasteiger partial charge in [-0.15, -0.1) is 0 Å². The largest absolute Gasteiger partial charge is 0.478 e. The Balaban J connectivity index is 2.17. The number of rotatable bonds is 3. The molecule has 2 rings (SSSR count). The van der Waals surface area contributed by atoms with Gasteiger partial charge in [0.25, 0.3) is 0 Å². The Morgan fingerprint density at radius 2 is 2.17 bits per heavy atom. The molecule has 1 heterocycles. The molecule has 0 unspecified atom stereocenters. The molecule has 0 bridgehead atoms. The molecule has 0 fully saturated rings. The van der Waals surface area contributed by atoms with Gasteiger partial charge >= 0.3 is 5.97 Å². The molecule has 18 heavy (non-hydrogen) atoms. The van der Waals surface area contributed by atoms with Crippen molar-refractivity contribution in [3.63, 3.8) is 0 Å². The molecule has 0 spiro atoms. The summed E-state index contributed by atoms with van der Waals surface area (Å²) in [6.45, 7) is 1.98. The standard InChI is InChI=1S/C12H10N2O3S/c1-7-2-3-8-9(6-7)18-12(13-8)14-10(15)4-5-11(16)17/h2-6H,1H3,(H,16,17)(H,13,14,15)/b5-4+. The van der Waals surface area contributed by atoms with Crippen LogP contribution >= 0.6 is 11.3 Å². The summed E-state index contributed by atoms with van der Waals surface area (Å²) in [4.78, 5) is 25.8. The zero-order valence-corrected chi connectivity index (χ0v) is 10.3. The Bertz CT molecular complexity index is 646. The molecule has 0 radical (unpaired) electrons. The lowest BCUT2D eigenvalue weighted by atomic mass is 10.2. The van der Waals surface area contributed by atoms with Crippen LogP contribution in [0.5, 0.6) is 0 Å². The summed E-state index contributed by atoms with van der Waals surface area (Å²) in [6.07, 6.45) is 1.74. The van der Waals surface area contributed by atoms with E-state index in [1.165, 1.54) is 11.3 Å². The number of hydrogen-bond donors (Lipinski definition) is 2. The number of carboxylic acid groups (broad SMARTS) is 1. The molecule has 0 saturated heterocycles. The van der Waals surface area contributed by atoms with E-state index in [9.17, 15) is 9.59 Å². The first-order chi connectivity index (χ1) is 8.54. The van der Waals surface area contributed by atoms with Gasteiger partial charge in [0.2, 0.25) is 5.91 Å². The molecule has 92 valence electrons. The number of nitrogens with one attached hydrogen (secondary N) is 1. The highest BCUT2D eigenvalue weighted by Crippen LogP contribution is 2.26. The van der Waals surface area contributed by atoms with E-state index in [2.05, 4.69) is 10.3 Å². The van der Waals surface area contributed by atoms with Gasteiger partial charge in [-0.05, 0) is 24.6 Å². The molecule has 1 amide bonds. The van der Waals surface area contributed by atoms with Crippen LogP contribution in [0.25, 0.3) is 10.2 Å². The SMILES string of the molecule is Cc1ccc2nc(NC(=O)/C=C/C(=O)O)sc2c1. The Labute approximate surface area is 107 Å². The van der Waals surface area contributed by atoms with Crippen LogP contribution in [-0.2, 0) is 9.59 Å². The number of aromatic nitrogens is 1. The summed E-state index contributed by atoms with van der Waals surface area (Å²) in [5.74, 6) is -1.67. The number of hydrogen-bond acceptors (Lipinski definition) is 4. The van der Waals surface area contributed by atoms with Crippen LogP contribution in [0.4, 0.5) is 5.13 Å². The number of benzene rings is 1. The number of thiazole rings is 1. The highest BCUT2D eigenvalue weighted by molar-refractivity contribution is 7.22. The van der Waals surface area contributed by atoms with Gasteiger partial charge in [0, 0.05) is 12.2 Å². The number of fused-ring (bicyclic) bond motifs is 1. The molecule has 0 aliphatic rings. The van der Waals surface area contributed by atoms with E-state index in [0.29, 0.717) is 5.13 Å². The van der Waals surface area contributed by atoms with Crippen LogP contribution in [0.1, 0.15) is 5.56 Å². The summed E-state index contributed by atoms with van der Waals surface area (Å²) >= 11 is 1.35. The third kappa shape index (κ3) is 2.92. The number of aliphatic carboxylic acids is 1. The fourth-order valence-corrected chi connectivity index (χ4v) is 2.35. The number of anilines is 1. The zero-order valence-electron chi connectivity index (χ0n) is 9.51. The minimum absolute atomic E-state index is 0.454. The Kier molecular flexibility index (Phi) is 3.38. The van der Waals surface area contributed by atoms with Crippen LogP contribution in [0.15, 0.2) is 30.4 Å². The predicted molar refractivity (Wildman–Crippen MR) is 69.8 cm³/mol. The summed E-state index contributed by atoms with van der Waals surface area (Å²) in [5, 5.41) is 11.4. The summed E-state index contributed by atoms with van der Waals surface area (Å²) in [7, 11) is 0. The normalized spacial score (nSPS) is 10.9. The van der Waals surface area contributed by atoms with Crippen molar-refractivity contribution < 1.29 is 14.7 Å². The van der Waals surface area contributed by atoms with E-state index >= 15 is 0 Å². The van der Waals surface area contributed by atoms with Gasteiger partial charge in [-0.1, -0.05) is 17.4 Å². The van der Waals surface area contributed by atoms with Gasteiger partial charge in [0.05, 0.1) is 10.2 Å². The monoisotopic (exact) mass is 262 g/mol. The van der Waals surface area contributed by atoms with Crippen molar-refractivity contribution in [3.8, 4) is 0 Å². The highest BCUT2D eigenvalue weighted by atomic mass is 32.1. The summed E-state index contributed by atoms with van der Waals surface area (Å²) in [6, 6.07) is 5.80. The lowest BCUT2D eigenvalue weighted by molar-refractivity contribution is -0.131. The number of aryl methyl sites for hydroxylation is 1. The Morgan fingerprint density at radius 1 is 1.39 bits per heavy atom. The van der Waals surface area contributed by atoms with Gasteiger partial charge < -0.3 is 5.11 Å². The predicted octanol–water partition coefficient (Wildman–Crippen LogP) is 2.18. The lowest BCUT2D eigenvalue weighted by Crippen LogP contribution is -2.08. The second-order valence-corrected chi connectivity index (χ2v) is 4.68. The molecule has 1 aromatic carbocycles. The lowest BCUT2D eigenvalue weighted by Gasteiger charge is -1.93. The molecule has 0 saturated carbocycles. The molecule has 6 heteroatoms. The summed E-state index contributed by atoms with van der Waals surface area (Å²) in [5.41, 5.74) is 1.93. The van der Waals surface area contributed by atoms with Crippen molar-refractivity contribution in [2.45, 2.75) is 6.92 Å². The average Bonchev–Trinajstić information content (AvgIpc) is 2.67. The molecule has 5 nitrogen and oxygen atoms in total. The number of carbonyl (C=O) groups is 2. The fraction of sp³-hybridized carbons (Fsp3) is 0.0833. The molecule has 2 aromatic rings. The minimum atomic E-state index is -1.16. The van der Waals surface area contributed by atoms with Crippen molar-refractivity contribution in [1.29, 1.82) is 0 Å². The molecular formula is C12H10N2O3S. The van der Waals surface area contributed by atoms with E-state index in [1.54, 1.807) is 0 Å². The first kappa shape index (κ1) is 12.3. The van der Waals surface area contributed by atoms with Crippen molar-refractivity contribution in [2.75, 3.05) is 5.32 Å². The first-order valence-corrected chi connectivity index (χ1v) is 5.95. The molecule has 1 aromatic heterocycles. The quantitative estimate of drug-likeness (QED) is 0.831. The minimum Gasteiger partial charge on any atom is -0.478 e. The second kappa shape index (κ2) is 4.97. The van der Waals surface area contributed by atoms with Crippen LogP contribution < -0.4 is 5.32 Å². The van der Waals surface area contributed by atoms with Crippen LogP contribution in [0.2, 0.25) is 0 Å². The van der Waals surface area contributed by atoms with E-state index in [-0.39, 0.29) is 0 Å². The van der Waals surface area contributed by atoms with Crippen molar-refractivity contribution in [1.82, 2.24) is 4.98 Å². The van der Waals surface area contributed by atoms with Gasteiger partial charge in [-0.3, -0.25) is 10.1 Å². The third-order valence-corrected chi connectivity index (χ3v) is 3.08. The third-order valence-electron chi connectivity index (χ3n) is 2.15. The molecule has 0 atom stereocenters. The fourth-order valence-electron chi connectivity index (χ4n) is 1.38. The van der Waals surface area contributed by atoms with E-state index in [4.69, 9.17) is 5.11 Å². The van der Waals surface area contributed by atoms with Gasteiger partial charge in [-0.2, -0.15) is 0 Å². The molecular weight excluding hydrogens is 252 g/mol. The maximum atomic E-state index is 11.4. The van der Waals surface area contributed by atoms with Crippen LogP contribution in [0, 0.1) is 6.92 Å². The van der Waals surface area contributed by atoms with Gasteiger partial charge in [0.1, 0.15) is 0 Å². The zero-order chi connectivity index (χ0) is 13.1. The maximum absolute atomic E-state index is 11.4. The van der Waals surface area contributed by atoms with Gasteiger partial charge in [-0.25, -0.2) is 9.78 Å². The number of nitrogens with zero attached hydrogens (tertiary/aromatic N) is 1. The molecule has 0 aliphatic carbocycles. The van der Waals surface area contributed by atoms with Crippen LogP contribution in [0.3, 0.4) is 0 Å². The first-order valence-electron chi connectivity index (χ1n) is 5.14. The Hall–Kier alpha value is -2.21. The van der Waals surface area contributed by atoms with E-state index in [1.807, 2.05) is 25.1 Å². The second-order valence-electron chi connectivity index (χ2n) is 3.65.